The third kappa shape index (κ3) is 5.16. The fourth-order valence-electron chi connectivity index (χ4n) is 3.02. The van der Waals surface area contributed by atoms with E-state index in [0.717, 1.165) is 31.6 Å². The minimum Gasteiger partial charge on any atom is -0.397 e. The number of hydrogen-bond donors (Lipinski definition) is 1. The lowest BCUT2D eigenvalue weighted by Gasteiger charge is -2.29. The van der Waals surface area contributed by atoms with Crippen molar-refractivity contribution in [1.82, 2.24) is 9.88 Å². The Morgan fingerprint density at radius 3 is 2.64 bits per heavy atom. The first-order valence-electron chi connectivity index (χ1n) is 7.84. The first kappa shape index (κ1) is 18.8. The second-order valence-electron chi connectivity index (χ2n) is 7.13. The summed E-state index contributed by atoms with van der Waals surface area (Å²) in [6.07, 6.45) is 5.40. The largest absolute Gasteiger partial charge is 0.397 e. The fraction of sp³-hybridized carbons (Fsp3) is 0.647. The van der Waals surface area contributed by atoms with E-state index in [4.69, 9.17) is 5.73 Å². The molecule has 1 amide bonds. The summed E-state index contributed by atoms with van der Waals surface area (Å²) in [6.45, 7) is 8.64. The van der Waals surface area contributed by atoms with Crippen molar-refractivity contribution < 1.29 is 4.79 Å². The maximum absolute atomic E-state index is 12.4. The van der Waals surface area contributed by atoms with E-state index in [9.17, 15) is 4.79 Å². The molecule has 124 valence electrons. The molecule has 2 rings (SSSR count). The Kier molecular flexibility index (Phi) is 6.66. The minimum absolute atomic E-state index is 0. The van der Waals surface area contributed by atoms with Gasteiger partial charge >= 0.3 is 0 Å². The van der Waals surface area contributed by atoms with Crippen molar-refractivity contribution in [3.8, 4) is 0 Å². The van der Waals surface area contributed by atoms with Crippen LogP contribution in [0.25, 0.3) is 0 Å². The standard InChI is InChI=1S/C17H27N3O.ClH/c1-17(2,3)13-5-4-9-20(10-8-13)16(21)11-15-7-6-14(18)12-19-15;/h6-7,12-13H,4-5,8-11,18H2,1-3H3;1H. The van der Waals surface area contributed by atoms with Crippen molar-refractivity contribution >= 4 is 24.0 Å². The first-order chi connectivity index (χ1) is 9.86. The number of aromatic nitrogens is 1. The predicted molar refractivity (Wildman–Crippen MR) is 93.0 cm³/mol. The molecule has 1 saturated heterocycles. The molecule has 2 heterocycles. The summed E-state index contributed by atoms with van der Waals surface area (Å²) in [4.78, 5) is 18.6. The first-order valence-corrected chi connectivity index (χ1v) is 7.84. The lowest BCUT2D eigenvalue weighted by atomic mass is 9.77. The van der Waals surface area contributed by atoms with Crippen LogP contribution < -0.4 is 5.73 Å². The van der Waals surface area contributed by atoms with Gasteiger partial charge in [0.1, 0.15) is 0 Å². The van der Waals surface area contributed by atoms with Crippen molar-refractivity contribution in [2.45, 2.75) is 46.5 Å². The van der Waals surface area contributed by atoms with Gasteiger partial charge in [-0.3, -0.25) is 9.78 Å². The van der Waals surface area contributed by atoms with E-state index in [0.29, 0.717) is 23.4 Å². The molecule has 5 heteroatoms. The second kappa shape index (κ2) is 7.82. The Hall–Kier alpha value is -1.29. The highest BCUT2D eigenvalue weighted by Crippen LogP contribution is 2.34. The van der Waals surface area contributed by atoms with Crippen LogP contribution >= 0.6 is 12.4 Å². The Labute approximate surface area is 139 Å². The number of anilines is 1. The van der Waals surface area contributed by atoms with Crippen LogP contribution in [0.2, 0.25) is 0 Å². The molecule has 2 N–H and O–H groups in total. The summed E-state index contributed by atoms with van der Waals surface area (Å²) in [5, 5.41) is 0. The van der Waals surface area contributed by atoms with Crippen LogP contribution in [-0.2, 0) is 11.2 Å². The Bertz CT molecular complexity index is 482. The molecule has 0 aliphatic carbocycles. The molecule has 0 spiro atoms. The molecule has 22 heavy (non-hydrogen) atoms. The van der Waals surface area contributed by atoms with Gasteiger partial charge in [-0.05, 0) is 42.7 Å². The molecule has 0 saturated carbocycles. The second-order valence-corrected chi connectivity index (χ2v) is 7.13. The van der Waals surface area contributed by atoms with Gasteiger partial charge in [-0.2, -0.15) is 0 Å². The third-order valence-electron chi connectivity index (χ3n) is 4.49. The SMILES string of the molecule is CC(C)(C)C1CCCN(C(=O)Cc2ccc(N)cn2)CC1.Cl. The average Bonchev–Trinajstić information content (AvgIpc) is 2.67. The lowest BCUT2D eigenvalue weighted by Crippen LogP contribution is -2.33. The molecule has 1 aromatic heterocycles. The monoisotopic (exact) mass is 325 g/mol. The number of likely N-dealkylation sites (tertiary alicyclic amines) is 1. The topological polar surface area (TPSA) is 59.2 Å². The summed E-state index contributed by atoms with van der Waals surface area (Å²) in [6, 6.07) is 3.64. The highest BCUT2D eigenvalue weighted by atomic mass is 35.5. The van der Waals surface area contributed by atoms with Crippen LogP contribution in [0.3, 0.4) is 0 Å². The molecule has 0 bridgehead atoms. The van der Waals surface area contributed by atoms with Crippen LogP contribution in [0.5, 0.6) is 0 Å². The molecule has 1 aliphatic rings. The lowest BCUT2D eigenvalue weighted by molar-refractivity contribution is -0.130. The molecule has 0 aromatic carbocycles. The number of carbonyl (C=O) groups excluding carboxylic acids is 1. The zero-order chi connectivity index (χ0) is 15.5. The van der Waals surface area contributed by atoms with Gasteiger partial charge in [0, 0.05) is 18.8 Å². The number of rotatable bonds is 2. The molecule has 1 aromatic rings. The normalized spacial score (nSPS) is 19.2. The average molecular weight is 326 g/mol. The quantitative estimate of drug-likeness (QED) is 0.907. The summed E-state index contributed by atoms with van der Waals surface area (Å²) in [5.41, 5.74) is 7.38. The number of halogens is 1. The van der Waals surface area contributed by atoms with E-state index in [1.54, 1.807) is 12.3 Å². The smallest absolute Gasteiger partial charge is 0.228 e. The third-order valence-corrected chi connectivity index (χ3v) is 4.49. The number of nitrogen functional groups attached to an aromatic ring is 1. The number of nitrogens with two attached hydrogens (primary N) is 1. The van der Waals surface area contributed by atoms with Gasteiger partial charge in [-0.25, -0.2) is 0 Å². The van der Waals surface area contributed by atoms with Crippen molar-refractivity contribution in [3.63, 3.8) is 0 Å². The Balaban J connectivity index is 0.00000242. The molecule has 1 fully saturated rings. The summed E-state index contributed by atoms with van der Waals surface area (Å²) >= 11 is 0. The van der Waals surface area contributed by atoms with E-state index in [1.165, 1.54) is 6.42 Å². The van der Waals surface area contributed by atoms with E-state index < -0.39 is 0 Å². The molecule has 1 unspecified atom stereocenters. The fourth-order valence-corrected chi connectivity index (χ4v) is 3.02. The summed E-state index contributed by atoms with van der Waals surface area (Å²) in [5.74, 6) is 0.881. The summed E-state index contributed by atoms with van der Waals surface area (Å²) < 4.78 is 0. The van der Waals surface area contributed by atoms with E-state index >= 15 is 0 Å². The van der Waals surface area contributed by atoms with Gasteiger partial charge in [0.05, 0.1) is 18.3 Å². The zero-order valence-electron chi connectivity index (χ0n) is 13.8. The van der Waals surface area contributed by atoms with Crippen LogP contribution in [0.15, 0.2) is 18.3 Å². The highest BCUT2D eigenvalue weighted by molar-refractivity contribution is 5.85. The van der Waals surface area contributed by atoms with Crippen molar-refractivity contribution in [2.75, 3.05) is 18.8 Å². The maximum Gasteiger partial charge on any atom is 0.228 e. The molecular formula is C17H28ClN3O. The van der Waals surface area contributed by atoms with Crippen LogP contribution in [0.1, 0.15) is 45.7 Å². The van der Waals surface area contributed by atoms with E-state index in [-0.39, 0.29) is 18.3 Å². The van der Waals surface area contributed by atoms with E-state index in [2.05, 4.69) is 25.8 Å². The van der Waals surface area contributed by atoms with Gasteiger partial charge in [-0.1, -0.05) is 20.8 Å². The number of pyridine rings is 1. The molecule has 1 aliphatic heterocycles. The number of carbonyl (C=O) groups is 1. The zero-order valence-corrected chi connectivity index (χ0v) is 14.7. The molecule has 0 radical (unpaired) electrons. The number of amides is 1. The van der Waals surface area contributed by atoms with Gasteiger partial charge in [0.25, 0.3) is 0 Å². The van der Waals surface area contributed by atoms with Gasteiger partial charge in [0.2, 0.25) is 5.91 Å². The Morgan fingerprint density at radius 2 is 2.05 bits per heavy atom. The van der Waals surface area contributed by atoms with Gasteiger partial charge in [0.15, 0.2) is 0 Å². The van der Waals surface area contributed by atoms with Crippen molar-refractivity contribution in [1.29, 1.82) is 0 Å². The van der Waals surface area contributed by atoms with Gasteiger partial charge < -0.3 is 10.6 Å². The molecule has 1 atom stereocenters. The maximum atomic E-state index is 12.4. The number of nitrogens with zero attached hydrogens (tertiary/aromatic N) is 2. The van der Waals surface area contributed by atoms with Crippen LogP contribution in [0, 0.1) is 11.3 Å². The molecular weight excluding hydrogens is 298 g/mol. The van der Waals surface area contributed by atoms with Crippen molar-refractivity contribution in [3.05, 3.63) is 24.0 Å². The highest BCUT2D eigenvalue weighted by Gasteiger charge is 2.28. The molecule has 4 nitrogen and oxygen atoms in total. The number of hydrogen-bond acceptors (Lipinski definition) is 3. The van der Waals surface area contributed by atoms with Crippen molar-refractivity contribution in [2.24, 2.45) is 11.3 Å². The van der Waals surface area contributed by atoms with Gasteiger partial charge in [-0.15, -0.1) is 12.4 Å². The van der Waals surface area contributed by atoms with Crippen LogP contribution in [0.4, 0.5) is 5.69 Å². The predicted octanol–water partition coefficient (Wildman–Crippen LogP) is 3.30. The summed E-state index contributed by atoms with van der Waals surface area (Å²) in [7, 11) is 0. The minimum atomic E-state index is 0. The Morgan fingerprint density at radius 1 is 1.32 bits per heavy atom. The van der Waals surface area contributed by atoms with Crippen LogP contribution in [-0.4, -0.2) is 28.9 Å². The van der Waals surface area contributed by atoms with E-state index in [1.807, 2.05) is 11.0 Å².